The van der Waals surface area contributed by atoms with E-state index < -0.39 is 6.04 Å². The Balaban J connectivity index is 2.19. The quantitative estimate of drug-likeness (QED) is 0.752. The molecule has 0 fully saturated rings. The van der Waals surface area contributed by atoms with Crippen LogP contribution in [0.15, 0.2) is 30.3 Å². The summed E-state index contributed by atoms with van der Waals surface area (Å²) in [5, 5.41) is 2.92. The number of rotatable bonds is 7. The van der Waals surface area contributed by atoms with Crippen LogP contribution in [0.3, 0.4) is 0 Å². The Kier molecular flexibility index (Phi) is 6.73. The summed E-state index contributed by atoms with van der Waals surface area (Å²) < 4.78 is 0. The summed E-state index contributed by atoms with van der Waals surface area (Å²) >= 11 is 0. The van der Waals surface area contributed by atoms with Crippen LogP contribution in [0.5, 0.6) is 0 Å². The molecule has 1 aromatic carbocycles. The Morgan fingerprint density at radius 3 is 2.45 bits per heavy atom. The summed E-state index contributed by atoms with van der Waals surface area (Å²) in [6.07, 6.45) is 3.92. The lowest BCUT2D eigenvalue weighted by atomic mass is 9.90. The zero-order valence-electron chi connectivity index (χ0n) is 13.0. The van der Waals surface area contributed by atoms with Gasteiger partial charge < -0.3 is 11.1 Å². The summed E-state index contributed by atoms with van der Waals surface area (Å²) in [5.74, 6) is -0.0513. The van der Waals surface area contributed by atoms with E-state index in [4.69, 9.17) is 5.73 Å². The monoisotopic (exact) mass is 276 g/mol. The molecule has 0 radical (unpaired) electrons. The van der Waals surface area contributed by atoms with Crippen molar-refractivity contribution in [1.82, 2.24) is 5.32 Å². The molecule has 0 saturated heterocycles. The van der Waals surface area contributed by atoms with Gasteiger partial charge in [-0.1, -0.05) is 57.5 Å². The lowest BCUT2D eigenvalue weighted by molar-refractivity contribution is -0.122. The molecule has 3 heteroatoms. The van der Waals surface area contributed by atoms with E-state index in [-0.39, 0.29) is 5.91 Å². The molecule has 1 rings (SSSR count). The van der Waals surface area contributed by atoms with Gasteiger partial charge in [-0.05, 0) is 30.2 Å². The first-order chi connectivity index (χ1) is 9.38. The van der Waals surface area contributed by atoms with Crippen LogP contribution in [0.2, 0.25) is 0 Å². The van der Waals surface area contributed by atoms with Gasteiger partial charge in [-0.15, -0.1) is 0 Å². The molecule has 3 N–H and O–H groups in total. The molecular weight excluding hydrogens is 248 g/mol. The summed E-state index contributed by atoms with van der Waals surface area (Å²) in [6.45, 7) is 7.43. The average molecular weight is 276 g/mol. The summed E-state index contributed by atoms with van der Waals surface area (Å²) in [5.41, 5.74) is 7.39. The summed E-state index contributed by atoms with van der Waals surface area (Å²) in [4.78, 5) is 11.9. The maximum absolute atomic E-state index is 11.9. The van der Waals surface area contributed by atoms with E-state index in [1.807, 2.05) is 30.3 Å². The van der Waals surface area contributed by atoms with Crippen molar-refractivity contribution in [2.75, 3.05) is 6.54 Å². The third-order valence-electron chi connectivity index (χ3n) is 3.29. The molecule has 0 aliphatic rings. The number of benzene rings is 1. The maximum Gasteiger partial charge on any atom is 0.237 e. The molecule has 0 saturated carbocycles. The molecule has 0 bridgehead atoms. The standard InChI is InChI=1S/C17H28N2O/c1-17(2,3)11-7-8-12-19-16(20)15(18)13-14-9-5-4-6-10-14/h4-6,9-10,15H,7-8,11-13,18H2,1-3H3,(H,19,20)/t15-/m0/s1. The minimum Gasteiger partial charge on any atom is -0.355 e. The first kappa shape index (κ1) is 16.7. The van der Waals surface area contributed by atoms with E-state index in [9.17, 15) is 4.79 Å². The summed E-state index contributed by atoms with van der Waals surface area (Å²) in [6, 6.07) is 9.43. The molecule has 0 heterocycles. The Bertz CT molecular complexity index is 395. The van der Waals surface area contributed by atoms with E-state index in [0.29, 0.717) is 11.8 Å². The number of carbonyl (C=O) groups excluding carboxylic acids is 1. The largest absolute Gasteiger partial charge is 0.355 e. The molecule has 0 aliphatic carbocycles. The number of nitrogens with two attached hydrogens (primary N) is 1. The molecular formula is C17H28N2O. The SMILES string of the molecule is CC(C)(C)CCCCNC(=O)[C@@H](N)Cc1ccccc1. The Morgan fingerprint density at radius 1 is 1.20 bits per heavy atom. The van der Waals surface area contributed by atoms with Crippen LogP contribution in [0.1, 0.15) is 45.6 Å². The van der Waals surface area contributed by atoms with Gasteiger partial charge in [0.15, 0.2) is 0 Å². The van der Waals surface area contributed by atoms with Gasteiger partial charge in [0.2, 0.25) is 5.91 Å². The predicted octanol–water partition coefficient (Wildman–Crippen LogP) is 2.89. The van der Waals surface area contributed by atoms with Gasteiger partial charge in [-0.3, -0.25) is 4.79 Å². The lowest BCUT2D eigenvalue weighted by Gasteiger charge is -2.18. The first-order valence-electron chi connectivity index (χ1n) is 7.46. The normalized spacial score (nSPS) is 13.0. The zero-order valence-corrected chi connectivity index (χ0v) is 13.0. The fourth-order valence-corrected chi connectivity index (χ4v) is 2.08. The molecule has 1 aromatic rings. The van der Waals surface area contributed by atoms with Crippen LogP contribution in [0.25, 0.3) is 0 Å². The van der Waals surface area contributed by atoms with Gasteiger partial charge in [0, 0.05) is 6.54 Å². The highest BCUT2D eigenvalue weighted by Gasteiger charge is 2.13. The molecule has 3 nitrogen and oxygen atoms in total. The van der Waals surface area contributed by atoms with E-state index in [0.717, 1.165) is 24.9 Å². The van der Waals surface area contributed by atoms with Crippen LogP contribution >= 0.6 is 0 Å². The van der Waals surface area contributed by atoms with Crippen LogP contribution < -0.4 is 11.1 Å². The average Bonchev–Trinajstić information content (AvgIpc) is 2.38. The molecule has 1 amide bonds. The molecule has 0 spiro atoms. The van der Waals surface area contributed by atoms with Gasteiger partial charge in [0.25, 0.3) is 0 Å². The van der Waals surface area contributed by atoms with Crippen LogP contribution in [0.4, 0.5) is 0 Å². The Morgan fingerprint density at radius 2 is 1.85 bits per heavy atom. The molecule has 0 aromatic heterocycles. The van der Waals surface area contributed by atoms with E-state index >= 15 is 0 Å². The van der Waals surface area contributed by atoms with Gasteiger partial charge in [-0.2, -0.15) is 0 Å². The topological polar surface area (TPSA) is 55.1 Å². The van der Waals surface area contributed by atoms with Crippen molar-refractivity contribution in [3.63, 3.8) is 0 Å². The Labute approximate surface area is 122 Å². The number of unbranched alkanes of at least 4 members (excludes halogenated alkanes) is 1. The van der Waals surface area contributed by atoms with Crippen molar-refractivity contribution >= 4 is 5.91 Å². The fraction of sp³-hybridized carbons (Fsp3) is 0.588. The number of hydrogen-bond donors (Lipinski definition) is 2. The second-order valence-corrected chi connectivity index (χ2v) is 6.61. The predicted molar refractivity (Wildman–Crippen MR) is 84.4 cm³/mol. The van der Waals surface area contributed by atoms with Crippen molar-refractivity contribution in [2.45, 2.75) is 52.5 Å². The van der Waals surface area contributed by atoms with Crippen molar-refractivity contribution in [1.29, 1.82) is 0 Å². The van der Waals surface area contributed by atoms with Crippen molar-refractivity contribution < 1.29 is 4.79 Å². The minimum absolute atomic E-state index is 0.0513. The van der Waals surface area contributed by atoms with Gasteiger partial charge in [0.1, 0.15) is 0 Å². The van der Waals surface area contributed by atoms with Gasteiger partial charge in [0.05, 0.1) is 6.04 Å². The number of hydrogen-bond acceptors (Lipinski definition) is 2. The first-order valence-corrected chi connectivity index (χ1v) is 7.46. The minimum atomic E-state index is -0.458. The lowest BCUT2D eigenvalue weighted by Crippen LogP contribution is -2.42. The van der Waals surface area contributed by atoms with Crippen LogP contribution in [0, 0.1) is 5.41 Å². The van der Waals surface area contributed by atoms with Crippen LogP contribution in [-0.2, 0) is 11.2 Å². The molecule has 0 unspecified atom stereocenters. The third-order valence-corrected chi connectivity index (χ3v) is 3.29. The number of carbonyl (C=O) groups is 1. The summed E-state index contributed by atoms with van der Waals surface area (Å²) in [7, 11) is 0. The third kappa shape index (κ3) is 7.29. The van der Waals surface area contributed by atoms with Crippen molar-refractivity contribution in [3.05, 3.63) is 35.9 Å². The Hall–Kier alpha value is -1.35. The second-order valence-electron chi connectivity index (χ2n) is 6.61. The smallest absolute Gasteiger partial charge is 0.237 e. The number of nitrogens with one attached hydrogen (secondary N) is 1. The zero-order chi connectivity index (χ0) is 15.0. The molecule has 0 aliphatic heterocycles. The molecule has 1 atom stereocenters. The van der Waals surface area contributed by atoms with Gasteiger partial charge >= 0.3 is 0 Å². The highest BCUT2D eigenvalue weighted by atomic mass is 16.2. The van der Waals surface area contributed by atoms with Crippen molar-refractivity contribution in [3.8, 4) is 0 Å². The van der Waals surface area contributed by atoms with E-state index in [2.05, 4.69) is 26.1 Å². The highest BCUT2D eigenvalue weighted by Crippen LogP contribution is 2.21. The molecule has 112 valence electrons. The van der Waals surface area contributed by atoms with Crippen molar-refractivity contribution in [2.24, 2.45) is 11.1 Å². The number of amides is 1. The fourth-order valence-electron chi connectivity index (χ4n) is 2.08. The highest BCUT2D eigenvalue weighted by molar-refractivity contribution is 5.81. The second kappa shape index (κ2) is 8.05. The maximum atomic E-state index is 11.9. The molecule has 20 heavy (non-hydrogen) atoms. The van der Waals surface area contributed by atoms with E-state index in [1.54, 1.807) is 0 Å². The van der Waals surface area contributed by atoms with Crippen LogP contribution in [-0.4, -0.2) is 18.5 Å². The van der Waals surface area contributed by atoms with E-state index in [1.165, 1.54) is 6.42 Å². The van der Waals surface area contributed by atoms with Gasteiger partial charge in [-0.25, -0.2) is 0 Å².